The van der Waals surface area contributed by atoms with Crippen molar-refractivity contribution < 1.29 is 4.52 Å². The third kappa shape index (κ3) is 2.19. The Labute approximate surface area is 131 Å². The Morgan fingerprint density at radius 1 is 1.22 bits per heavy atom. The van der Waals surface area contributed by atoms with E-state index < -0.39 is 0 Å². The quantitative estimate of drug-likeness (QED) is 0.577. The highest BCUT2D eigenvalue weighted by Crippen LogP contribution is 2.25. The Balaban J connectivity index is 1.75. The van der Waals surface area contributed by atoms with Crippen LogP contribution in [0.15, 0.2) is 35.1 Å². The van der Waals surface area contributed by atoms with Gasteiger partial charge in [-0.1, -0.05) is 10.4 Å². The van der Waals surface area contributed by atoms with E-state index in [1.54, 1.807) is 6.20 Å². The van der Waals surface area contributed by atoms with Crippen LogP contribution in [0.25, 0.3) is 34.1 Å². The summed E-state index contributed by atoms with van der Waals surface area (Å²) in [4.78, 5) is 8.63. The predicted molar refractivity (Wildman–Crippen MR) is 83.4 cm³/mol. The molecule has 8 nitrogen and oxygen atoms in total. The molecule has 0 saturated heterocycles. The van der Waals surface area contributed by atoms with Gasteiger partial charge in [-0.15, -0.1) is 5.10 Å². The van der Waals surface area contributed by atoms with E-state index >= 15 is 0 Å². The van der Waals surface area contributed by atoms with Crippen LogP contribution in [0.1, 0.15) is 19.9 Å². The Kier molecular flexibility index (Phi) is 2.97. The molecule has 0 aliphatic carbocycles. The standard InChI is InChI=1S/C15H15N7O/c1-9(2)22-12-5-4-10(8-11(12)18-20-22)15-17-13(19-23-15)14-16-6-7-21(14)3/h4-9H,1-3H3. The number of aromatic nitrogens is 7. The van der Waals surface area contributed by atoms with Gasteiger partial charge in [-0.05, 0) is 32.0 Å². The van der Waals surface area contributed by atoms with Crippen LogP contribution in [0.2, 0.25) is 0 Å². The lowest BCUT2D eigenvalue weighted by Crippen LogP contribution is -2.02. The van der Waals surface area contributed by atoms with E-state index in [0.717, 1.165) is 16.6 Å². The number of benzene rings is 1. The number of rotatable bonds is 3. The lowest BCUT2D eigenvalue weighted by atomic mass is 10.2. The predicted octanol–water partition coefficient (Wildman–Crippen LogP) is 2.46. The zero-order valence-corrected chi connectivity index (χ0v) is 13.0. The number of imidazole rings is 1. The second-order valence-electron chi connectivity index (χ2n) is 5.62. The fourth-order valence-electron chi connectivity index (χ4n) is 2.47. The summed E-state index contributed by atoms with van der Waals surface area (Å²) in [7, 11) is 1.88. The van der Waals surface area contributed by atoms with E-state index in [1.165, 1.54) is 0 Å². The first-order valence-corrected chi connectivity index (χ1v) is 7.30. The second kappa shape index (κ2) is 5.01. The highest BCUT2D eigenvalue weighted by Gasteiger charge is 2.15. The van der Waals surface area contributed by atoms with E-state index in [2.05, 4.69) is 39.3 Å². The van der Waals surface area contributed by atoms with Crippen molar-refractivity contribution in [1.82, 2.24) is 34.7 Å². The average molecular weight is 309 g/mol. The van der Waals surface area contributed by atoms with Crippen LogP contribution < -0.4 is 0 Å². The van der Waals surface area contributed by atoms with Crippen LogP contribution >= 0.6 is 0 Å². The zero-order chi connectivity index (χ0) is 16.0. The molecule has 0 aliphatic heterocycles. The van der Waals surface area contributed by atoms with Crippen LogP contribution in [0.5, 0.6) is 0 Å². The molecule has 0 bridgehead atoms. The third-order valence-corrected chi connectivity index (χ3v) is 3.65. The molecule has 0 aliphatic rings. The van der Waals surface area contributed by atoms with Gasteiger partial charge in [0.25, 0.3) is 5.89 Å². The number of hydrogen-bond donors (Lipinski definition) is 0. The van der Waals surface area contributed by atoms with E-state index in [9.17, 15) is 0 Å². The molecule has 0 spiro atoms. The van der Waals surface area contributed by atoms with Crippen molar-refractivity contribution >= 4 is 11.0 Å². The molecule has 3 aromatic heterocycles. The first kappa shape index (κ1) is 13.6. The highest BCUT2D eigenvalue weighted by atomic mass is 16.5. The van der Waals surface area contributed by atoms with Crippen molar-refractivity contribution in [1.29, 1.82) is 0 Å². The lowest BCUT2D eigenvalue weighted by Gasteiger charge is -2.04. The van der Waals surface area contributed by atoms with Crippen LogP contribution in [0, 0.1) is 0 Å². The highest BCUT2D eigenvalue weighted by molar-refractivity contribution is 5.79. The number of aryl methyl sites for hydroxylation is 1. The summed E-state index contributed by atoms with van der Waals surface area (Å²) in [5, 5.41) is 12.4. The largest absolute Gasteiger partial charge is 0.333 e. The van der Waals surface area contributed by atoms with Gasteiger partial charge in [0.1, 0.15) is 5.52 Å². The Morgan fingerprint density at radius 2 is 2.09 bits per heavy atom. The summed E-state index contributed by atoms with van der Waals surface area (Å²) >= 11 is 0. The summed E-state index contributed by atoms with van der Waals surface area (Å²) in [6.45, 7) is 4.14. The molecule has 0 fully saturated rings. The van der Waals surface area contributed by atoms with E-state index in [4.69, 9.17) is 4.52 Å². The van der Waals surface area contributed by atoms with Crippen molar-refractivity contribution in [2.24, 2.45) is 7.05 Å². The fourth-order valence-corrected chi connectivity index (χ4v) is 2.47. The lowest BCUT2D eigenvalue weighted by molar-refractivity contribution is 0.431. The minimum Gasteiger partial charge on any atom is -0.333 e. The molecule has 3 heterocycles. The summed E-state index contributed by atoms with van der Waals surface area (Å²) in [6.07, 6.45) is 3.53. The summed E-state index contributed by atoms with van der Waals surface area (Å²) in [5.41, 5.74) is 2.58. The van der Waals surface area contributed by atoms with Crippen molar-refractivity contribution in [3.05, 3.63) is 30.6 Å². The van der Waals surface area contributed by atoms with Crippen LogP contribution in [-0.4, -0.2) is 34.7 Å². The van der Waals surface area contributed by atoms with E-state index in [-0.39, 0.29) is 6.04 Å². The maximum atomic E-state index is 5.36. The maximum absolute atomic E-state index is 5.36. The van der Waals surface area contributed by atoms with Gasteiger partial charge in [0.15, 0.2) is 5.82 Å². The van der Waals surface area contributed by atoms with Gasteiger partial charge in [0.2, 0.25) is 5.82 Å². The molecule has 1 aromatic carbocycles. The van der Waals surface area contributed by atoms with Crippen molar-refractivity contribution in [3.63, 3.8) is 0 Å². The summed E-state index contributed by atoms with van der Waals surface area (Å²) < 4.78 is 9.08. The van der Waals surface area contributed by atoms with Crippen LogP contribution in [0.3, 0.4) is 0 Å². The minimum atomic E-state index is 0.254. The maximum Gasteiger partial charge on any atom is 0.258 e. The zero-order valence-electron chi connectivity index (χ0n) is 13.0. The summed E-state index contributed by atoms with van der Waals surface area (Å²) in [6, 6.07) is 6.05. The van der Waals surface area contributed by atoms with Gasteiger partial charge in [-0.2, -0.15) is 4.98 Å². The molecule has 0 saturated carbocycles. The van der Waals surface area contributed by atoms with Crippen molar-refractivity contribution in [2.45, 2.75) is 19.9 Å². The number of nitrogens with zero attached hydrogens (tertiary/aromatic N) is 7. The van der Waals surface area contributed by atoms with E-state index in [0.29, 0.717) is 17.5 Å². The van der Waals surface area contributed by atoms with Gasteiger partial charge in [0, 0.05) is 31.0 Å². The van der Waals surface area contributed by atoms with Gasteiger partial charge < -0.3 is 9.09 Å². The Bertz CT molecular complexity index is 979. The van der Waals surface area contributed by atoms with E-state index in [1.807, 2.05) is 40.7 Å². The molecule has 23 heavy (non-hydrogen) atoms. The first-order chi connectivity index (χ1) is 11.1. The second-order valence-corrected chi connectivity index (χ2v) is 5.62. The van der Waals surface area contributed by atoms with Crippen LogP contribution in [0.4, 0.5) is 0 Å². The molecule has 0 amide bonds. The minimum absolute atomic E-state index is 0.254. The Hall–Kier alpha value is -3.03. The smallest absolute Gasteiger partial charge is 0.258 e. The monoisotopic (exact) mass is 309 g/mol. The van der Waals surface area contributed by atoms with Crippen molar-refractivity contribution in [3.8, 4) is 23.1 Å². The molecule has 4 aromatic rings. The van der Waals surface area contributed by atoms with Gasteiger partial charge in [0.05, 0.1) is 5.52 Å². The summed E-state index contributed by atoms with van der Waals surface area (Å²) in [5.74, 6) is 1.55. The molecular formula is C15H15N7O. The average Bonchev–Trinajstić information content (AvgIpc) is 3.24. The molecular weight excluding hydrogens is 294 g/mol. The molecule has 4 rings (SSSR count). The molecule has 0 radical (unpaired) electrons. The molecule has 0 unspecified atom stereocenters. The fraction of sp³-hybridized carbons (Fsp3) is 0.267. The topological polar surface area (TPSA) is 87.5 Å². The Morgan fingerprint density at radius 3 is 2.83 bits per heavy atom. The van der Waals surface area contributed by atoms with Crippen molar-refractivity contribution in [2.75, 3.05) is 0 Å². The normalized spacial score (nSPS) is 11.7. The van der Waals surface area contributed by atoms with Gasteiger partial charge >= 0.3 is 0 Å². The van der Waals surface area contributed by atoms with Gasteiger partial charge in [-0.3, -0.25) is 0 Å². The van der Waals surface area contributed by atoms with Gasteiger partial charge in [-0.25, -0.2) is 9.67 Å². The van der Waals surface area contributed by atoms with Crippen LogP contribution in [-0.2, 0) is 7.05 Å². The molecule has 0 N–H and O–H groups in total. The molecule has 0 atom stereocenters. The molecule has 8 heteroatoms. The number of fused-ring (bicyclic) bond motifs is 1. The number of hydrogen-bond acceptors (Lipinski definition) is 6. The first-order valence-electron chi connectivity index (χ1n) is 7.30. The molecule has 116 valence electrons. The third-order valence-electron chi connectivity index (χ3n) is 3.65. The SMILES string of the molecule is CC(C)n1nnc2cc(-c3nc(-c4nccn4C)no3)ccc21.